The van der Waals surface area contributed by atoms with Crippen molar-refractivity contribution in [1.29, 1.82) is 5.26 Å². The Hall–Kier alpha value is -4.78. The van der Waals surface area contributed by atoms with Crippen LogP contribution >= 0.6 is 11.6 Å². The maximum absolute atomic E-state index is 12.0. The van der Waals surface area contributed by atoms with Crippen LogP contribution in [0.4, 0.5) is 0 Å². The SMILES string of the molecule is Cc1c(COc2cc(OCc3ccnc(C#N)c3)c(CN3CCCC[C@H]3C(=O)O)cc2Cl)cccc1-c1ccc2c(c1)OCCO2. The minimum atomic E-state index is -0.831. The number of pyridine rings is 1. The van der Waals surface area contributed by atoms with Gasteiger partial charge < -0.3 is 24.1 Å². The summed E-state index contributed by atoms with van der Waals surface area (Å²) >= 11 is 6.79. The normalized spacial score (nSPS) is 16.0. The standard InChI is InChI=1S/C36H34ClN3O6/c1-23-26(5-4-6-29(23)25-8-9-32-35(17-25)44-14-13-43-32)22-46-34-18-33(45-21-24-10-11-39-28(15-24)19-38)27(16-30(34)37)20-40-12-3-2-7-31(40)36(41)42/h4-6,8-11,15-18,31H,2-3,7,12-14,20-22H2,1H3,(H,41,42)/t31-/m0/s1. The maximum atomic E-state index is 12.0. The smallest absolute Gasteiger partial charge is 0.320 e. The molecule has 0 spiro atoms. The highest BCUT2D eigenvalue weighted by Gasteiger charge is 2.29. The summed E-state index contributed by atoms with van der Waals surface area (Å²) in [4.78, 5) is 18.0. The Kier molecular flexibility index (Phi) is 9.57. The van der Waals surface area contributed by atoms with E-state index in [0.29, 0.717) is 54.9 Å². The van der Waals surface area contributed by atoms with E-state index in [1.807, 2.05) is 41.3 Å². The van der Waals surface area contributed by atoms with Crippen molar-refractivity contribution >= 4 is 17.6 Å². The Morgan fingerprint density at radius 3 is 2.67 bits per heavy atom. The summed E-state index contributed by atoms with van der Waals surface area (Å²) in [5, 5.41) is 19.5. The number of aromatic nitrogens is 1. The highest BCUT2D eigenvalue weighted by atomic mass is 35.5. The fourth-order valence-corrected chi connectivity index (χ4v) is 6.17. The average Bonchev–Trinajstić information content (AvgIpc) is 3.08. The van der Waals surface area contributed by atoms with Gasteiger partial charge in [0.25, 0.3) is 0 Å². The monoisotopic (exact) mass is 639 g/mol. The Morgan fingerprint density at radius 2 is 1.85 bits per heavy atom. The number of carbonyl (C=O) groups is 1. The highest BCUT2D eigenvalue weighted by Crippen LogP contribution is 2.38. The third kappa shape index (κ3) is 7.04. The van der Waals surface area contributed by atoms with Crippen molar-refractivity contribution in [3.05, 3.63) is 99.8 Å². The number of hydrogen-bond donors (Lipinski definition) is 1. The molecule has 9 nitrogen and oxygen atoms in total. The minimum absolute atomic E-state index is 0.185. The van der Waals surface area contributed by atoms with E-state index in [4.69, 9.17) is 30.5 Å². The molecule has 236 valence electrons. The predicted molar refractivity (Wildman–Crippen MR) is 172 cm³/mol. The summed E-state index contributed by atoms with van der Waals surface area (Å²) in [5.41, 5.74) is 5.99. The van der Waals surface area contributed by atoms with Crippen molar-refractivity contribution in [2.45, 2.75) is 52.0 Å². The van der Waals surface area contributed by atoms with Gasteiger partial charge >= 0.3 is 5.97 Å². The van der Waals surface area contributed by atoms with Crippen LogP contribution in [0.25, 0.3) is 11.1 Å². The van der Waals surface area contributed by atoms with Crippen LogP contribution in [0.3, 0.4) is 0 Å². The van der Waals surface area contributed by atoms with Crippen molar-refractivity contribution in [2.24, 2.45) is 0 Å². The van der Waals surface area contributed by atoms with Crippen LogP contribution in [0.15, 0.2) is 66.9 Å². The molecule has 1 aromatic heterocycles. The van der Waals surface area contributed by atoms with E-state index < -0.39 is 12.0 Å². The van der Waals surface area contributed by atoms with Crippen molar-refractivity contribution in [1.82, 2.24) is 9.88 Å². The molecular formula is C36H34ClN3O6. The fraction of sp³-hybridized carbons (Fsp3) is 0.306. The van der Waals surface area contributed by atoms with E-state index >= 15 is 0 Å². The number of rotatable bonds is 10. The Labute approximate surface area is 272 Å². The van der Waals surface area contributed by atoms with Gasteiger partial charge in [0.1, 0.15) is 55.7 Å². The highest BCUT2D eigenvalue weighted by molar-refractivity contribution is 6.32. The van der Waals surface area contributed by atoms with E-state index in [1.165, 1.54) is 0 Å². The van der Waals surface area contributed by atoms with Crippen LogP contribution in [0.2, 0.25) is 5.02 Å². The Morgan fingerprint density at radius 1 is 1.02 bits per heavy atom. The zero-order valence-corrected chi connectivity index (χ0v) is 26.3. The largest absolute Gasteiger partial charge is 0.488 e. The molecule has 2 aliphatic heterocycles. The molecular weight excluding hydrogens is 606 g/mol. The molecule has 0 aliphatic carbocycles. The van der Waals surface area contributed by atoms with Crippen LogP contribution < -0.4 is 18.9 Å². The first kappa shape index (κ1) is 31.2. The molecule has 1 N–H and O–H groups in total. The lowest BCUT2D eigenvalue weighted by molar-refractivity contribution is -0.144. The summed E-state index contributed by atoms with van der Waals surface area (Å²) in [6, 6.07) is 20.6. The lowest BCUT2D eigenvalue weighted by Gasteiger charge is -2.33. The van der Waals surface area contributed by atoms with Crippen LogP contribution in [0, 0.1) is 18.3 Å². The average molecular weight is 640 g/mol. The number of carboxylic acid groups (broad SMARTS) is 1. The van der Waals surface area contributed by atoms with Gasteiger partial charge in [0.15, 0.2) is 11.5 Å². The van der Waals surface area contributed by atoms with Gasteiger partial charge in [0.05, 0.1) is 5.02 Å². The third-order valence-electron chi connectivity index (χ3n) is 8.40. The van der Waals surface area contributed by atoms with Gasteiger partial charge in [0.2, 0.25) is 0 Å². The number of hydrogen-bond acceptors (Lipinski definition) is 8. The summed E-state index contributed by atoms with van der Waals surface area (Å²) in [6.45, 7) is 4.61. The van der Waals surface area contributed by atoms with Gasteiger partial charge in [-0.05, 0) is 84.5 Å². The Bertz CT molecular complexity index is 1790. The number of carboxylic acids is 1. The van der Waals surface area contributed by atoms with Crippen LogP contribution in [-0.4, -0.2) is 46.8 Å². The number of piperidine rings is 1. The van der Waals surface area contributed by atoms with Gasteiger partial charge in [-0.15, -0.1) is 0 Å². The van der Waals surface area contributed by atoms with Gasteiger partial charge in [0, 0.05) is 24.4 Å². The quantitative estimate of drug-likeness (QED) is 0.197. The summed E-state index contributed by atoms with van der Waals surface area (Å²) in [5.74, 6) is 1.63. The molecule has 46 heavy (non-hydrogen) atoms. The van der Waals surface area contributed by atoms with E-state index in [0.717, 1.165) is 57.7 Å². The zero-order valence-electron chi connectivity index (χ0n) is 25.5. The topological polar surface area (TPSA) is 114 Å². The molecule has 1 atom stereocenters. The fourth-order valence-electron chi connectivity index (χ4n) is 5.93. The number of aliphatic carboxylic acids is 1. The van der Waals surface area contributed by atoms with Crippen molar-refractivity contribution in [3.8, 4) is 40.2 Å². The minimum Gasteiger partial charge on any atom is -0.488 e. The van der Waals surface area contributed by atoms with E-state index in [-0.39, 0.29) is 13.2 Å². The summed E-state index contributed by atoms with van der Waals surface area (Å²) in [7, 11) is 0. The second kappa shape index (κ2) is 14.1. The molecule has 0 unspecified atom stereocenters. The zero-order chi connectivity index (χ0) is 32.0. The lowest BCUT2D eigenvalue weighted by atomic mass is 9.96. The molecule has 0 saturated carbocycles. The van der Waals surface area contributed by atoms with E-state index in [1.54, 1.807) is 30.5 Å². The van der Waals surface area contributed by atoms with Gasteiger partial charge in [-0.1, -0.05) is 42.3 Å². The molecule has 4 aromatic rings. The van der Waals surface area contributed by atoms with E-state index in [2.05, 4.69) is 18.0 Å². The van der Waals surface area contributed by atoms with E-state index in [9.17, 15) is 15.2 Å². The number of nitriles is 1. The van der Waals surface area contributed by atoms with Crippen molar-refractivity contribution < 1.29 is 28.8 Å². The van der Waals surface area contributed by atoms with Crippen molar-refractivity contribution in [2.75, 3.05) is 19.8 Å². The van der Waals surface area contributed by atoms with Crippen molar-refractivity contribution in [3.63, 3.8) is 0 Å². The number of fused-ring (bicyclic) bond motifs is 1. The molecule has 3 aromatic carbocycles. The molecule has 1 fully saturated rings. The van der Waals surface area contributed by atoms with Gasteiger partial charge in [-0.2, -0.15) is 5.26 Å². The molecule has 0 amide bonds. The Balaban J connectivity index is 1.25. The molecule has 0 bridgehead atoms. The lowest BCUT2D eigenvalue weighted by Crippen LogP contribution is -2.44. The predicted octanol–water partition coefficient (Wildman–Crippen LogP) is 6.95. The number of nitrogens with zero attached hydrogens (tertiary/aromatic N) is 3. The molecule has 3 heterocycles. The molecule has 6 rings (SSSR count). The van der Waals surface area contributed by atoms with Gasteiger partial charge in [-0.3, -0.25) is 9.69 Å². The first-order valence-electron chi connectivity index (χ1n) is 15.3. The molecule has 1 saturated heterocycles. The first-order valence-corrected chi connectivity index (χ1v) is 15.7. The number of benzene rings is 3. The number of ether oxygens (including phenoxy) is 4. The van der Waals surface area contributed by atoms with Crippen LogP contribution in [0.5, 0.6) is 23.0 Å². The second-order valence-corrected chi connectivity index (χ2v) is 11.8. The first-order chi connectivity index (χ1) is 22.4. The maximum Gasteiger partial charge on any atom is 0.320 e. The molecule has 10 heteroatoms. The van der Waals surface area contributed by atoms with Gasteiger partial charge in [-0.25, -0.2) is 4.98 Å². The second-order valence-electron chi connectivity index (χ2n) is 11.4. The van der Waals surface area contributed by atoms with Crippen LogP contribution in [0.1, 0.15) is 47.2 Å². The number of likely N-dealkylation sites (tertiary alicyclic amines) is 1. The third-order valence-corrected chi connectivity index (χ3v) is 8.70. The number of halogens is 1. The summed E-state index contributed by atoms with van der Waals surface area (Å²) < 4.78 is 24.1. The van der Waals surface area contributed by atoms with Crippen LogP contribution in [-0.2, 0) is 24.6 Å². The summed E-state index contributed by atoms with van der Waals surface area (Å²) in [6.07, 6.45) is 3.97. The molecule has 0 radical (unpaired) electrons. The molecule has 2 aliphatic rings.